The molecular formula is C16H18BrNO4. The van der Waals surface area contributed by atoms with Gasteiger partial charge < -0.3 is 9.47 Å². The number of nitrogens with zero attached hydrogens (tertiary/aromatic N) is 1. The molecule has 0 bridgehead atoms. The van der Waals surface area contributed by atoms with E-state index in [1.54, 1.807) is 32.9 Å². The van der Waals surface area contributed by atoms with Gasteiger partial charge in [-0.2, -0.15) is 0 Å². The predicted molar refractivity (Wildman–Crippen MR) is 87.5 cm³/mol. The molecule has 6 heteroatoms. The molecule has 0 amide bonds. The van der Waals surface area contributed by atoms with Crippen molar-refractivity contribution in [2.75, 3.05) is 7.11 Å². The number of rotatable bonds is 2. The number of benzene rings is 1. The van der Waals surface area contributed by atoms with Gasteiger partial charge in [0.05, 0.1) is 12.6 Å². The Morgan fingerprint density at radius 2 is 1.95 bits per heavy atom. The molecule has 22 heavy (non-hydrogen) atoms. The topological polar surface area (TPSA) is 57.5 Å². The Hall–Kier alpha value is -1.82. The monoisotopic (exact) mass is 367 g/mol. The van der Waals surface area contributed by atoms with Gasteiger partial charge in [-0.25, -0.2) is 14.2 Å². The van der Waals surface area contributed by atoms with Crippen LogP contribution in [0, 0.1) is 0 Å². The fourth-order valence-corrected chi connectivity index (χ4v) is 2.66. The SMILES string of the molecule is COC(=O)c1cc2c(CBr)cccc2n1C(=O)OC(C)(C)C. The van der Waals surface area contributed by atoms with Crippen molar-refractivity contribution in [1.82, 2.24) is 4.57 Å². The molecule has 0 N–H and O–H groups in total. The first kappa shape index (κ1) is 16.5. The van der Waals surface area contributed by atoms with Gasteiger partial charge in [0.25, 0.3) is 0 Å². The molecule has 0 aliphatic heterocycles. The Kier molecular flexibility index (Phi) is 4.60. The first-order valence-electron chi connectivity index (χ1n) is 6.79. The summed E-state index contributed by atoms with van der Waals surface area (Å²) in [6.07, 6.45) is -0.602. The average molecular weight is 368 g/mol. The van der Waals surface area contributed by atoms with E-state index in [1.807, 2.05) is 12.1 Å². The number of carbonyl (C=O) groups excluding carboxylic acids is 2. The van der Waals surface area contributed by atoms with Crippen LogP contribution in [0.2, 0.25) is 0 Å². The lowest BCUT2D eigenvalue weighted by Crippen LogP contribution is -2.29. The number of hydrogen-bond donors (Lipinski definition) is 0. The maximum atomic E-state index is 12.5. The second kappa shape index (κ2) is 6.12. The third-order valence-corrected chi connectivity index (χ3v) is 3.65. The molecule has 0 spiro atoms. The molecule has 0 fully saturated rings. The van der Waals surface area contributed by atoms with Crippen LogP contribution in [0.1, 0.15) is 36.8 Å². The number of esters is 1. The lowest BCUT2D eigenvalue weighted by molar-refractivity contribution is 0.0490. The summed E-state index contributed by atoms with van der Waals surface area (Å²) in [4.78, 5) is 24.5. The van der Waals surface area contributed by atoms with Gasteiger partial charge in [0.1, 0.15) is 11.3 Å². The van der Waals surface area contributed by atoms with Crippen molar-refractivity contribution >= 4 is 38.9 Å². The van der Waals surface area contributed by atoms with Crippen molar-refractivity contribution in [3.8, 4) is 0 Å². The lowest BCUT2D eigenvalue weighted by atomic mass is 10.1. The summed E-state index contributed by atoms with van der Waals surface area (Å²) in [6, 6.07) is 7.19. The highest BCUT2D eigenvalue weighted by atomic mass is 79.9. The standard InChI is InChI=1S/C16H18BrNO4/c1-16(2,3)22-15(20)18-12-7-5-6-10(9-17)11(12)8-13(18)14(19)21-4/h5-8H,9H2,1-4H3. The summed E-state index contributed by atoms with van der Waals surface area (Å²) in [5, 5.41) is 1.43. The van der Waals surface area contributed by atoms with E-state index in [4.69, 9.17) is 9.47 Å². The van der Waals surface area contributed by atoms with Gasteiger partial charge in [0, 0.05) is 10.7 Å². The van der Waals surface area contributed by atoms with Gasteiger partial charge in [-0.1, -0.05) is 28.1 Å². The summed E-state index contributed by atoms with van der Waals surface area (Å²) in [5.41, 5.74) is 1.09. The third-order valence-electron chi connectivity index (χ3n) is 3.05. The largest absolute Gasteiger partial charge is 0.464 e. The van der Waals surface area contributed by atoms with E-state index in [0.717, 1.165) is 10.9 Å². The van der Waals surface area contributed by atoms with E-state index in [-0.39, 0.29) is 5.69 Å². The first-order chi connectivity index (χ1) is 10.3. The molecule has 0 aliphatic carbocycles. The minimum Gasteiger partial charge on any atom is -0.464 e. The molecule has 1 heterocycles. The van der Waals surface area contributed by atoms with E-state index >= 15 is 0 Å². The second-order valence-corrected chi connectivity index (χ2v) is 6.38. The summed E-state index contributed by atoms with van der Waals surface area (Å²) in [5.74, 6) is -0.581. The summed E-state index contributed by atoms with van der Waals surface area (Å²) < 4.78 is 11.4. The smallest absolute Gasteiger partial charge is 0.419 e. The third kappa shape index (κ3) is 3.16. The highest BCUT2D eigenvalue weighted by Gasteiger charge is 2.26. The number of methoxy groups -OCH3 is 1. The van der Waals surface area contributed by atoms with Crippen LogP contribution in [-0.2, 0) is 14.8 Å². The first-order valence-corrected chi connectivity index (χ1v) is 7.91. The molecule has 0 atom stereocenters. The van der Waals surface area contributed by atoms with E-state index in [9.17, 15) is 9.59 Å². The number of ether oxygens (including phenoxy) is 2. The van der Waals surface area contributed by atoms with Crippen molar-refractivity contribution < 1.29 is 19.1 Å². The van der Waals surface area contributed by atoms with Gasteiger partial charge in [0.2, 0.25) is 0 Å². The maximum Gasteiger partial charge on any atom is 0.419 e. The molecule has 5 nitrogen and oxygen atoms in total. The average Bonchev–Trinajstić information content (AvgIpc) is 2.83. The Bertz CT molecular complexity index is 728. The second-order valence-electron chi connectivity index (χ2n) is 5.82. The van der Waals surface area contributed by atoms with Crippen LogP contribution < -0.4 is 0 Å². The molecule has 0 saturated heterocycles. The van der Waals surface area contributed by atoms with Crippen LogP contribution in [0.5, 0.6) is 0 Å². The fourth-order valence-electron chi connectivity index (χ4n) is 2.17. The van der Waals surface area contributed by atoms with Gasteiger partial charge >= 0.3 is 12.1 Å². The van der Waals surface area contributed by atoms with E-state index in [0.29, 0.717) is 10.8 Å². The molecule has 118 valence electrons. The summed E-state index contributed by atoms with van der Waals surface area (Å²) in [7, 11) is 1.28. The maximum absolute atomic E-state index is 12.5. The zero-order valence-electron chi connectivity index (χ0n) is 13.0. The van der Waals surface area contributed by atoms with E-state index < -0.39 is 17.7 Å². The van der Waals surface area contributed by atoms with Crippen LogP contribution in [0.4, 0.5) is 4.79 Å². The van der Waals surface area contributed by atoms with Gasteiger partial charge in [-0.15, -0.1) is 0 Å². The predicted octanol–water partition coefficient (Wildman–Crippen LogP) is 4.11. The van der Waals surface area contributed by atoms with Crippen LogP contribution in [-0.4, -0.2) is 29.3 Å². The van der Waals surface area contributed by atoms with E-state index in [2.05, 4.69) is 15.9 Å². The number of fused-ring (bicyclic) bond motifs is 1. The highest BCUT2D eigenvalue weighted by Crippen LogP contribution is 2.26. The Morgan fingerprint density at radius 1 is 1.27 bits per heavy atom. The number of carbonyl (C=O) groups is 2. The fraction of sp³-hybridized carbons (Fsp3) is 0.375. The van der Waals surface area contributed by atoms with Crippen LogP contribution >= 0.6 is 15.9 Å². The number of aromatic nitrogens is 1. The molecule has 1 aromatic carbocycles. The Morgan fingerprint density at radius 3 is 2.50 bits per heavy atom. The van der Waals surface area contributed by atoms with Crippen molar-refractivity contribution in [3.05, 3.63) is 35.5 Å². The Labute approximate surface area is 137 Å². The number of hydrogen-bond acceptors (Lipinski definition) is 4. The van der Waals surface area contributed by atoms with Gasteiger partial charge in [-0.05, 0) is 38.5 Å². The molecule has 0 unspecified atom stereocenters. The molecule has 2 rings (SSSR count). The normalized spacial score (nSPS) is 11.5. The molecule has 0 aliphatic rings. The highest BCUT2D eigenvalue weighted by molar-refractivity contribution is 9.08. The minimum atomic E-state index is -0.659. The number of alkyl halides is 1. The van der Waals surface area contributed by atoms with Crippen molar-refractivity contribution in [2.24, 2.45) is 0 Å². The van der Waals surface area contributed by atoms with Crippen molar-refractivity contribution in [2.45, 2.75) is 31.7 Å². The molecule has 1 aromatic heterocycles. The van der Waals surface area contributed by atoms with Gasteiger partial charge in [0.15, 0.2) is 0 Å². The molecular weight excluding hydrogens is 350 g/mol. The molecule has 0 saturated carbocycles. The van der Waals surface area contributed by atoms with Crippen LogP contribution in [0.3, 0.4) is 0 Å². The summed E-state index contributed by atoms with van der Waals surface area (Å²) >= 11 is 3.41. The molecule has 0 radical (unpaired) electrons. The molecule has 2 aromatic rings. The van der Waals surface area contributed by atoms with Crippen LogP contribution in [0.25, 0.3) is 10.9 Å². The van der Waals surface area contributed by atoms with Crippen molar-refractivity contribution in [1.29, 1.82) is 0 Å². The zero-order chi connectivity index (χ0) is 16.5. The van der Waals surface area contributed by atoms with Gasteiger partial charge in [-0.3, -0.25) is 0 Å². The quantitative estimate of drug-likeness (QED) is 0.592. The lowest BCUT2D eigenvalue weighted by Gasteiger charge is -2.20. The van der Waals surface area contributed by atoms with Crippen LogP contribution in [0.15, 0.2) is 24.3 Å². The van der Waals surface area contributed by atoms with Crippen molar-refractivity contribution in [3.63, 3.8) is 0 Å². The minimum absolute atomic E-state index is 0.153. The number of halogens is 1. The Balaban J connectivity index is 2.68. The van der Waals surface area contributed by atoms with E-state index in [1.165, 1.54) is 11.7 Å². The summed E-state index contributed by atoms with van der Waals surface area (Å²) in [6.45, 7) is 5.33. The zero-order valence-corrected chi connectivity index (χ0v) is 14.6.